The Labute approximate surface area is 119 Å². The van der Waals surface area contributed by atoms with Crippen molar-refractivity contribution < 1.29 is 39.2 Å². The number of ether oxygens (including phenoxy) is 1. The summed E-state index contributed by atoms with van der Waals surface area (Å²) in [6.45, 7) is -1.51. The van der Waals surface area contributed by atoms with Crippen LogP contribution in [-0.2, 0) is 14.1 Å². The van der Waals surface area contributed by atoms with Gasteiger partial charge in [0.25, 0.3) is 0 Å². The zero-order valence-electron chi connectivity index (χ0n) is 10.9. The standard InChI is InChI=1S/C9H18N3O8P/c10-6(11)1-4(14)2-12(21(17,18)19)9-8(16)7(15)5(3-13)20-9/h5,7-9,13,15-16H,1-3H2,(H3,10,11)(H2,17,18,19)/t5-,7-,8-,9?/m1/s1. The van der Waals surface area contributed by atoms with Crippen LogP contribution in [0.5, 0.6) is 0 Å². The zero-order chi connectivity index (χ0) is 16.4. The minimum atomic E-state index is -5.00. The van der Waals surface area contributed by atoms with Crippen LogP contribution in [0.4, 0.5) is 0 Å². The second-order valence-electron chi connectivity index (χ2n) is 4.58. The number of hydrogen-bond acceptors (Lipinski definition) is 7. The van der Waals surface area contributed by atoms with Crippen LogP contribution in [0.15, 0.2) is 0 Å². The molecule has 0 aromatic rings. The average molecular weight is 327 g/mol. The van der Waals surface area contributed by atoms with Crippen LogP contribution >= 0.6 is 7.75 Å². The summed E-state index contributed by atoms with van der Waals surface area (Å²) in [6.07, 6.45) is -6.71. The molecule has 1 aliphatic rings. The van der Waals surface area contributed by atoms with Gasteiger partial charge in [0, 0.05) is 0 Å². The monoisotopic (exact) mass is 327 g/mol. The number of ketones is 1. The van der Waals surface area contributed by atoms with Gasteiger partial charge >= 0.3 is 7.75 Å². The van der Waals surface area contributed by atoms with Crippen LogP contribution in [0.2, 0.25) is 0 Å². The van der Waals surface area contributed by atoms with Crippen molar-refractivity contribution >= 4 is 19.4 Å². The fraction of sp³-hybridized carbons (Fsp3) is 0.778. The molecule has 4 atom stereocenters. The number of rotatable bonds is 7. The third-order valence-electron chi connectivity index (χ3n) is 2.87. The van der Waals surface area contributed by atoms with Crippen LogP contribution in [0, 0.1) is 5.41 Å². The Morgan fingerprint density at radius 3 is 2.29 bits per heavy atom. The lowest BCUT2D eigenvalue weighted by atomic mass is 10.1. The first-order valence-corrected chi connectivity index (χ1v) is 7.44. The van der Waals surface area contributed by atoms with Crippen molar-refractivity contribution in [3.05, 3.63) is 0 Å². The molecule has 1 unspecified atom stereocenters. The van der Waals surface area contributed by atoms with Gasteiger partial charge in [0.05, 0.1) is 25.4 Å². The highest BCUT2D eigenvalue weighted by Gasteiger charge is 2.49. The predicted octanol–water partition coefficient (Wildman–Crippen LogP) is -3.28. The Morgan fingerprint density at radius 2 is 1.90 bits per heavy atom. The van der Waals surface area contributed by atoms with Crippen molar-refractivity contribution in [2.24, 2.45) is 5.73 Å². The van der Waals surface area contributed by atoms with Gasteiger partial charge < -0.3 is 35.6 Å². The third-order valence-corrected chi connectivity index (χ3v) is 3.91. The highest BCUT2D eigenvalue weighted by molar-refractivity contribution is 7.49. The maximum atomic E-state index is 11.6. The maximum absolute atomic E-state index is 11.6. The molecule has 0 bridgehead atoms. The Morgan fingerprint density at radius 1 is 1.33 bits per heavy atom. The van der Waals surface area contributed by atoms with Crippen molar-refractivity contribution in [1.29, 1.82) is 5.41 Å². The highest BCUT2D eigenvalue weighted by atomic mass is 31.2. The van der Waals surface area contributed by atoms with E-state index in [2.05, 4.69) is 0 Å². The van der Waals surface area contributed by atoms with E-state index in [0.29, 0.717) is 0 Å². The Hall–Kier alpha value is -0.910. The quantitative estimate of drug-likeness (QED) is 0.141. The molecule has 0 aliphatic carbocycles. The predicted molar refractivity (Wildman–Crippen MR) is 68.0 cm³/mol. The van der Waals surface area contributed by atoms with Gasteiger partial charge in [0.1, 0.15) is 24.5 Å². The van der Waals surface area contributed by atoms with Crippen molar-refractivity contribution in [2.75, 3.05) is 13.2 Å². The van der Waals surface area contributed by atoms with E-state index < -0.39 is 63.5 Å². The first-order chi connectivity index (χ1) is 9.57. The van der Waals surface area contributed by atoms with E-state index in [1.165, 1.54) is 0 Å². The summed E-state index contributed by atoms with van der Waals surface area (Å²) in [4.78, 5) is 30.0. The van der Waals surface area contributed by atoms with E-state index in [1.807, 2.05) is 0 Å². The molecule has 0 saturated carbocycles. The number of aliphatic hydroxyl groups excluding tert-OH is 3. The SMILES string of the molecule is N=C(N)CC(=O)CN(C1O[C@H](CO)[C@@H](O)[C@H]1O)P(=O)(O)O. The fourth-order valence-electron chi connectivity index (χ4n) is 1.91. The largest absolute Gasteiger partial charge is 0.405 e. The zero-order valence-corrected chi connectivity index (χ0v) is 11.8. The molecule has 1 fully saturated rings. The molecule has 1 saturated heterocycles. The highest BCUT2D eigenvalue weighted by Crippen LogP contribution is 2.44. The Balaban J connectivity index is 2.92. The summed E-state index contributed by atoms with van der Waals surface area (Å²) in [7, 11) is -5.00. The van der Waals surface area contributed by atoms with Crippen LogP contribution in [0.3, 0.4) is 0 Å². The molecule has 11 nitrogen and oxygen atoms in total. The second kappa shape index (κ2) is 6.90. The molecule has 0 amide bonds. The summed E-state index contributed by atoms with van der Waals surface area (Å²) in [5.41, 5.74) is 5.02. The average Bonchev–Trinajstić information content (AvgIpc) is 2.61. The minimum absolute atomic E-state index is 0.266. The van der Waals surface area contributed by atoms with Gasteiger partial charge in [-0.2, -0.15) is 4.67 Å². The molecule has 0 aromatic heterocycles. The van der Waals surface area contributed by atoms with Crippen LogP contribution in [0.25, 0.3) is 0 Å². The Bertz CT molecular complexity index is 454. The van der Waals surface area contributed by atoms with Crippen LogP contribution in [-0.4, -0.2) is 79.1 Å². The van der Waals surface area contributed by atoms with Gasteiger partial charge in [-0.1, -0.05) is 0 Å². The lowest BCUT2D eigenvalue weighted by Crippen LogP contribution is -2.44. The lowest BCUT2D eigenvalue weighted by molar-refractivity contribution is -0.123. The molecule has 0 spiro atoms. The summed E-state index contributed by atoms with van der Waals surface area (Å²) in [6, 6.07) is 0. The summed E-state index contributed by atoms with van der Waals surface area (Å²) < 4.78 is 16.7. The maximum Gasteiger partial charge on any atom is 0.405 e. The topological polar surface area (TPSA) is 198 Å². The number of aliphatic hydroxyl groups is 3. The van der Waals surface area contributed by atoms with Gasteiger partial charge in [0.15, 0.2) is 5.78 Å². The van der Waals surface area contributed by atoms with Gasteiger partial charge in [-0.15, -0.1) is 0 Å². The summed E-state index contributed by atoms with van der Waals surface area (Å²) >= 11 is 0. The molecule has 122 valence electrons. The minimum Gasteiger partial charge on any atom is -0.394 e. The van der Waals surface area contributed by atoms with E-state index in [0.717, 1.165) is 0 Å². The molecular weight excluding hydrogens is 309 g/mol. The molecule has 1 heterocycles. The van der Waals surface area contributed by atoms with E-state index in [-0.39, 0.29) is 4.67 Å². The molecule has 1 aliphatic heterocycles. The summed E-state index contributed by atoms with van der Waals surface area (Å²) in [5, 5.41) is 35.2. The number of amidine groups is 1. The van der Waals surface area contributed by atoms with Crippen LogP contribution < -0.4 is 5.73 Å². The Kier molecular flexibility index (Phi) is 5.96. The number of carbonyl (C=O) groups is 1. The number of nitrogens with one attached hydrogen (secondary N) is 1. The normalized spacial score (nSPS) is 29.8. The number of Topliss-reactive ketones (excluding diaryl/α,β-unsaturated/α-hetero) is 1. The molecule has 12 heteroatoms. The number of nitrogens with zero attached hydrogens (tertiary/aromatic N) is 1. The van der Waals surface area contributed by atoms with Crippen molar-refractivity contribution in [3.8, 4) is 0 Å². The van der Waals surface area contributed by atoms with Crippen molar-refractivity contribution in [2.45, 2.75) is 31.0 Å². The second-order valence-corrected chi connectivity index (χ2v) is 6.12. The van der Waals surface area contributed by atoms with Crippen molar-refractivity contribution in [1.82, 2.24) is 4.67 Å². The smallest absolute Gasteiger partial charge is 0.394 e. The molecule has 0 radical (unpaired) electrons. The van der Waals surface area contributed by atoms with Gasteiger partial charge in [-0.05, 0) is 0 Å². The molecule has 0 aromatic carbocycles. The number of nitrogens with two attached hydrogens (primary N) is 1. The summed E-state index contributed by atoms with van der Waals surface area (Å²) in [5.74, 6) is -1.25. The first-order valence-electron chi connectivity index (χ1n) is 5.87. The molecule has 21 heavy (non-hydrogen) atoms. The van der Waals surface area contributed by atoms with E-state index in [4.69, 9.17) is 21.0 Å². The number of hydrogen-bond donors (Lipinski definition) is 7. The molecule has 8 N–H and O–H groups in total. The van der Waals surface area contributed by atoms with Crippen molar-refractivity contribution in [3.63, 3.8) is 0 Å². The number of carbonyl (C=O) groups excluding carboxylic acids is 1. The van der Waals surface area contributed by atoms with E-state index in [1.54, 1.807) is 0 Å². The molecular formula is C9H18N3O8P. The first kappa shape index (κ1) is 18.1. The van der Waals surface area contributed by atoms with E-state index in [9.17, 15) is 29.4 Å². The molecule has 1 rings (SSSR count). The van der Waals surface area contributed by atoms with E-state index >= 15 is 0 Å². The third kappa shape index (κ3) is 4.53. The van der Waals surface area contributed by atoms with Gasteiger partial charge in [-0.25, -0.2) is 4.57 Å². The van der Waals surface area contributed by atoms with Gasteiger partial charge in [0.2, 0.25) is 0 Å². The van der Waals surface area contributed by atoms with Crippen LogP contribution in [0.1, 0.15) is 6.42 Å². The van der Waals surface area contributed by atoms with Gasteiger partial charge in [-0.3, -0.25) is 10.2 Å². The lowest BCUT2D eigenvalue weighted by Gasteiger charge is -2.29. The fourth-order valence-corrected chi connectivity index (χ4v) is 2.74.